The topological polar surface area (TPSA) is 66.9 Å². The first-order valence-electron chi connectivity index (χ1n) is 9.41. The van der Waals surface area contributed by atoms with Gasteiger partial charge in [0.1, 0.15) is 5.82 Å². The molecule has 156 valence electrons. The van der Waals surface area contributed by atoms with Crippen LogP contribution in [0.2, 0.25) is 0 Å². The first-order valence-corrected chi connectivity index (χ1v) is 9.41. The molecule has 1 amide bonds. The third kappa shape index (κ3) is 5.21. The van der Waals surface area contributed by atoms with E-state index >= 15 is 0 Å². The lowest BCUT2D eigenvalue weighted by Crippen LogP contribution is -2.46. The maximum atomic E-state index is 13.2. The molecule has 0 bridgehead atoms. The number of nitrogens with zero attached hydrogens (tertiary/aromatic N) is 2. The molecular formula is C20H22F4N4O. The zero-order valence-electron chi connectivity index (χ0n) is 15.9. The molecule has 2 N–H and O–H groups in total. The minimum absolute atomic E-state index is 0.221. The van der Waals surface area contributed by atoms with Crippen molar-refractivity contribution in [3.63, 3.8) is 0 Å². The van der Waals surface area contributed by atoms with Gasteiger partial charge in [-0.1, -0.05) is 6.92 Å². The van der Waals surface area contributed by atoms with Crippen LogP contribution in [0.5, 0.6) is 0 Å². The number of hydrogen-bond acceptors (Lipinski definition) is 4. The maximum absolute atomic E-state index is 13.2. The van der Waals surface area contributed by atoms with Gasteiger partial charge in [0.15, 0.2) is 11.5 Å². The van der Waals surface area contributed by atoms with Gasteiger partial charge in [-0.15, -0.1) is 0 Å². The van der Waals surface area contributed by atoms with Crippen molar-refractivity contribution in [3.8, 4) is 0 Å². The second-order valence-corrected chi connectivity index (χ2v) is 7.45. The molecule has 29 heavy (non-hydrogen) atoms. The molecule has 1 saturated carbocycles. The number of carbonyl (C=O) groups excluding carboxylic acids is 1. The van der Waals surface area contributed by atoms with Crippen molar-refractivity contribution in [1.29, 1.82) is 0 Å². The van der Waals surface area contributed by atoms with Crippen molar-refractivity contribution < 1.29 is 22.4 Å². The molecule has 1 aliphatic carbocycles. The fourth-order valence-corrected chi connectivity index (χ4v) is 3.35. The average Bonchev–Trinajstić information content (AvgIpc) is 2.64. The number of hydrogen-bond donors (Lipinski definition) is 2. The van der Waals surface area contributed by atoms with Crippen molar-refractivity contribution in [2.75, 3.05) is 10.6 Å². The van der Waals surface area contributed by atoms with Gasteiger partial charge in [-0.05, 0) is 56.4 Å². The Labute approximate surface area is 165 Å². The van der Waals surface area contributed by atoms with Gasteiger partial charge in [0.25, 0.3) is 0 Å². The van der Waals surface area contributed by atoms with Crippen LogP contribution in [0, 0.1) is 11.7 Å². The molecule has 1 aromatic carbocycles. The predicted octanol–water partition coefficient (Wildman–Crippen LogP) is 5.02. The summed E-state index contributed by atoms with van der Waals surface area (Å²) in [6.45, 7) is 1.76. The minimum atomic E-state index is -4.59. The van der Waals surface area contributed by atoms with E-state index in [9.17, 15) is 22.4 Å². The van der Waals surface area contributed by atoms with Gasteiger partial charge < -0.3 is 10.6 Å². The molecular weight excluding hydrogens is 388 g/mol. The number of benzene rings is 1. The standard InChI is InChI=1S/C20H22F4N4O/c1-13(18(29)27-15-5-3-14(21)4-6-15)7-10-19(8-2-9-19)28-17-16(20(22,23)24)25-11-12-26-17/h3-6,11-13H,2,7-10H2,1H3,(H,26,28)(H,27,29). The SMILES string of the molecule is CC(CCC1(Nc2nccnc2C(F)(F)F)CCC1)C(=O)Nc1ccc(F)cc1. The lowest BCUT2D eigenvalue weighted by atomic mass is 9.72. The van der Waals surface area contributed by atoms with Crippen LogP contribution >= 0.6 is 0 Å². The number of amides is 1. The van der Waals surface area contributed by atoms with E-state index in [1.165, 1.54) is 30.5 Å². The van der Waals surface area contributed by atoms with E-state index < -0.39 is 23.2 Å². The smallest absolute Gasteiger partial charge is 0.363 e. The zero-order chi connectivity index (χ0) is 21.1. The van der Waals surface area contributed by atoms with Gasteiger partial charge in [-0.25, -0.2) is 14.4 Å². The van der Waals surface area contributed by atoms with E-state index in [1.54, 1.807) is 6.92 Å². The van der Waals surface area contributed by atoms with E-state index in [0.717, 1.165) is 12.6 Å². The Morgan fingerprint density at radius 1 is 1.17 bits per heavy atom. The van der Waals surface area contributed by atoms with E-state index in [1.807, 2.05) is 0 Å². The largest absolute Gasteiger partial charge is 0.437 e. The van der Waals surface area contributed by atoms with Gasteiger partial charge in [0, 0.05) is 29.5 Å². The van der Waals surface area contributed by atoms with Crippen LogP contribution in [0.4, 0.5) is 29.1 Å². The molecule has 1 aliphatic rings. The number of anilines is 2. The van der Waals surface area contributed by atoms with Gasteiger partial charge in [-0.2, -0.15) is 13.2 Å². The van der Waals surface area contributed by atoms with E-state index in [0.29, 0.717) is 31.4 Å². The Hall–Kier alpha value is -2.71. The van der Waals surface area contributed by atoms with Crippen molar-refractivity contribution in [2.45, 2.75) is 50.7 Å². The van der Waals surface area contributed by atoms with Crippen LogP contribution in [0.15, 0.2) is 36.7 Å². The van der Waals surface area contributed by atoms with Crippen molar-refractivity contribution >= 4 is 17.4 Å². The zero-order valence-corrected chi connectivity index (χ0v) is 15.9. The Bertz CT molecular complexity index is 850. The molecule has 1 fully saturated rings. The molecule has 1 heterocycles. The molecule has 1 atom stereocenters. The van der Waals surface area contributed by atoms with Crippen LogP contribution in [-0.2, 0) is 11.0 Å². The third-order valence-corrected chi connectivity index (χ3v) is 5.28. The predicted molar refractivity (Wildman–Crippen MR) is 101 cm³/mol. The molecule has 3 rings (SSSR count). The Morgan fingerprint density at radius 3 is 2.41 bits per heavy atom. The fourth-order valence-electron chi connectivity index (χ4n) is 3.35. The average molecular weight is 410 g/mol. The molecule has 1 unspecified atom stereocenters. The number of aromatic nitrogens is 2. The lowest BCUT2D eigenvalue weighted by molar-refractivity contribution is -0.140. The number of carbonyl (C=O) groups is 1. The maximum Gasteiger partial charge on any atom is 0.437 e. The van der Waals surface area contributed by atoms with Crippen LogP contribution in [0.25, 0.3) is 0 Å². The van der Waals surface area contributed by atoms with Gasteiger partial charge in [0.05, 0.1) is 0 Å². The lowest BCUT2D eigenvalue weighted by Gasteiger charge is -2.44. The normalized spacial score (nSPS) is 16.6. The molecule has 0 saturated heterocycles. The summed E-state index contributed by atoms with van der Waals surface area (Å²) in [7, 11) is 0. The molecule has 0 radical (unpaired) electrons. The summed E-state index contributed by atoms with van der Waals surface area (Å²) in [4.78, 5) is 19.6. The second kappa shape index (κ2) is 8.34. The van der Waals surface area contributed by atoms with E-state index in [4.69, 9.17) is 0 Å². The Morgan fingerprint density at radius 2 is 1.83 bits per heavy atom. The van der Waals surface area contributed by atoms with E-state index in [2.05, 4.69) is 20.6 Å². The summed E-state index contributed by atoms with van der Waals surface area (Å²) < 4.78 is 52.5. The quantitative estimate of drug-likeness (QED) is 0.629. The van der Waals surface area contributed by atoms with Crippen LogP contribution in [0.1, 0.15) is 44.7 Å². The van der Waals surface area contributed by atoms with Crippen molar-refractivity contribution in [3.05, 3.63) is 48.2 Å². The van der Waals surface area contributed by atoms with Crippen LogP contribution in [0.3, 0.4) is 0 Å². The highest BCUT2D eigenvalue weighted by molar-refractivity contribution is 5.92. The Balaban J connectivity index is 1.61. The molecule has 9 heteroatoms. The molecule has 2 aromatic rings. The van der Waals surface area contributed by atoms with Crippen LogP contribution in [-0.4, -0.2) is 21.4 Å². The molecule has 1 aromatic heterocycles. The number of nitrogens with one attached hydrogen (secondary N) is 2. The van der Waals surface area contributed by atoms with Gasteiger partial charge >= 0.3 is 6.18 Å². The summed E-state index contributed by atoms with van der Waals surface area (Å²) in [5, 5.41) is 5.67. The number of rotatable bonds is 7. The minimum Gasteiger partial charge on any atom is -0.363 e. The summed E-state index contributed by atoms with van der Waals surface area (Å²) in [6, 6.07) is 5.46. The third-order valence-electron chi connectivity index (χ3n) is 5.28. The van der Waals surface area contributed by atoms with Gasteiger partial charge in [0.2, 0.25) is 5.91 Å². The summed E-state index contributed by atoms with van der Waals surface area (Å²) in [5.41, 5.74) is -1.07. The monoisotopic (exact) mass is 410 g/mol. The first kappa shape index (κ1) is 21.0. The summed E-state index contributed by atoms with van der Waals surface area (Å²) >= 11 is 0. The molecule has 5 nitrogen and oxygen atoms in total. The molecule has 0 aliphatic heterocycles. The highest BCUT2D eigenvalue weighted by Gasteiger charge is 2.42. The second-order valence-electron chi connectivity index (χ2n) is 7.45. The fraction of sp³-hybridized carbons (Fsp3) is 0.450. The first-order chi connectivity index (χ1) is 13.7. The highest BCUT2D eigenvalue weighted by atomic mass is 19.4. The van der Waals surface area contributed by atoms with Crippen molar-refractivity contribution in [2.24, 2.45) is 5.92 Å². The summed E-state index contributed by atoms with van der Waals surface area (Å²) in [6.07, 6.45) is 0.960. The van der Waals surface area contributed by atoms with Crippen molar-refractivity contribution in [1.82, 2.24) is 9.97 Å². The number of alkyl halides is 3. The molecule has 0 spiro atoms. The number of halogens is 4. The summed E-state index contributed by atoms with van der Waals surface area (Å²) in [5.74, 6) is -1.25. The highest BCUT2D eigenvalue weighted by Crippen LogP contribution is 2.42. The van der Waals surface area contributed by atoms with E-state index in [-0.39, 0.29) is 17.6 Å². The Kier molecular flexibility index (Phi) is 6.04. The van der Waals surface area contributed by atoms with Gasteiger partial charge in [-0.3, -0.25) is 4.79 Å². The van der Waals surface area contributed by atoms with Crippen LogP contribution < -0.4 is 10.6 Å².